The van der Waals surface area contributed by atoms with Crippen molar-refractivity contribution in [3.63, 3.8) is 0 Å². The normalized spacial score (nSPS) is 19.2. The Kier molecular flexibility index (Phi) is 3.49. The first kappa shape index (κ1) is 11.7. The number of phenolic OH excluding ortho intramolecular Hbond substituents is 1. The van der Waals surface area contributed by atoms with E-state index in [2.05, 4.69) is 0 Å². The molecule has 1 unspecified atom stereocenters. The molecule has 0 bridgehead atoms. The molecule has 1 fully saturated rings. The minimum atomic E-state index is -0.452. The van der Waals surface area contributed by atoms with Crippen LogP contribution in [0.2, 0.25) is 0 Å². The lowest BCUT2D eigenvalue weighted by Gasteiger charge is -2.09. The maximum atomic E-state index is 11.6. The van der Waals surface area contributed by atoms with E-state index in [1.807, 2.05) is 0 Å². The molecule has 5 heteroatoms. The van der Waals surface area contributed by atoms with E-state index in [1.54, 1.807) is 0 Å². The van der Waals surface area contributed by atoms with Crippen LogP contribution in [0.4, 0.5) is 5.69 Å². The number of esters is 1. The molecule has 0 saturated carbocycles. The van der Waals surface area contributed by atoms with Gasteiger partial charge in [0.05, 0.1) is 24.5 Å². The monoisotopic (exact) mass is 237 g/mol. The van der Waals surface area contributed by atoms with E-state index in [0.717, 1.165) is 13.0 Å². The molecule has 1 aliphatic rings. The molecule has 3 N–H and O–H groups in total. The van der Waals surface area contributed by atoms with Crippen LogP contribution in [0.15, 0.2) is 18.2 Å². The number of hydrogen-bond donors (Lipinski definition) is 2. The van der Waals surface area contributed by atoms with Crippen molar-refractivity contribution >= 4 is 11.7 Å². The topological polar surface area (TPSA) is 81.8 Å². The lowest BCUT2D eigenvalue weighted by molar-refractivity contribution is 0.0428. The van der Waals surface area contributed by atoms with Gasteiger partial charge in [0, 0.05) is 12.5 Å². The predicted molar refractivity (Wildman–Crippen MR) is 61.7 cm³/mol. The number of anilines is 1. The Morgan fingerprint density at radius 1 is 1.59 bits per heavy atom. The van der Waals surface area contributed by atoms with Crippen LogP contribution in [0.5, 0.6) is 5.75 Å². The lowest BCUT2D eigenvalue weighted by atomic mass is 10.1. The molecule has 1 aromatic rings. The van der Waals surface area contributed by atoms with Crippen LogP contribution in [-0.2, 0) is 9.47 Å². The number of rotatable bonds is 3. The van der Waals surface area contributed by atoms with E-state index in [0.29, 0.717) is 18.8 Å². The Labute approximate surface area is 99.1 Å². The molecule has 1 aromatic carbocycles. The molecule has 0 aromatic heterocycles. The molecule has 0 amide bonds. The van der Waals surface area contributed by atoms with E-state index in [9.17, 15) is 9.90 Å². The van der Waals surface area contributed by atoms with Crippen molar-refractivity contribution < 1.29 is 19.4 Å². The number of carbonyl (C=O) groups is 1. The van der Waals surface area contributed by atoms with Gasteiger partial charge in [0.1, 0.15) is 5.75 Å². The summed E-state index contributed by atoms with van der Waals surface area (Å²) in [6, 6.07) is 4.32. The molecule has 0 spiro atoms. The Morgan fingerprint density at radius 2 is 2.41 bits per heavy atom. The van der Waals surface area contributed by atoms with Gasteiger partial charge < -0.3 is 20.3 Å². The Hall–Kier alpha value is -1.75. The van der Waals surface area contributed by atoms with Crippen molar-refractivity contribution in [3.8, 4) is 5.75 Å². The largest absolute Gasteiger partial charge is 0.506 e. The summed E-state index contributed by atoms with van der Waals surface area (Å²) in [5.74, 6) is -0.280. The van der Waals surface area contributed by atoms with Crippen LogP contribution in [0.3, 0.4) is 0 Å². The summed E-state index contributed by atoms with van der Waals surface area (Å²) in [4.78, 5) is 11.6. The molecule has 1 heterocycles. The van der Waals surface area contributed by atoms with Crippen LogP contribution in [0.25, 0.3) is 0 Å². The quantitative estimate of drug-likeness (QED) is 0.468. The van der Waals surface area contributed by atoms with E-state index >= 15 is 0 Å². The van der Waals surface area contributed by atoms with Crippen molar-refractivity contribution in [1.82, 2.24) is 0 Å². The van der Waals surface area contributed by atoms with Gasteiger partial charge in [-0.15, -0.1) is 0 Å². The minimum Gasteiger partial charge on any atom is -0.506 e. The Bertz CT molecular complexity index is 413. The summed E-state index contributed by atoms with van der Waals surface area (Å²) in [6.45, 7) is 1.72. The second-order valence-corrected chi connectivity index (χ2v) is 4.10. The minimum absolute atomic E-state index is 0.108. The van der Waals surface area contributed by atoms with Crippen molar-refractivity contribution in [2.24, 2.45) is 5.92 Å². The molecule has 1 atom stereocenters. The summed E-state index contributed by atoms with van der Waals surface area (Å²) in [5, 5.41) is 9.38. The summed E-state index contributed by atoms with van der Waals surface area (Å²) < 4.78 is 10.3. The van der Waals surface area contributed by atoms with Crippen LogP contribution >= 0.6 is 0 Å². The van der Waals surface area contributed by atoms with Crippen molar-refractivity contribution in [3.05, 3.63) is 23.8 Å². The fraction of sp³-hybridized carbons (Fsp3) is 0.417. The number of hydrogen-bond acceptors (Lipinski definition) is 5. The van der Waals surface area contributed by atoms with Crippen molar-refractivity contribution in [1.29, 1.82) is 0 Å². The number of ether oxygens (including phenoxy) is 2. The number of nitrogen functional groups attached to an aromatic ring is 1. The number of aromatic hydroxyl groups is 1. The third-order valence-corrected chi connectivity index (χ3v) is 2.74. The molecule has 1 saturated heterocycles. The highest BCUT2D eigenvalue weighted by molar-refractivity contribution is 5.90. The second kappa shape index (κ2) is 5.05. The summed E-state index contributed by atoms with van der Waals surface area (Å²) in [7, 11) is 0. The van der Waals surface area contributed by atoms with Crippen LogP contribution in [0.1, 0.15) is 16.8 Å². The van der Waals surface area contributed by atoms with Gasteiger partial charge in [-0.25, -0.2) is 4.79 Å². The maximum Gasteiger partial charge on any atom is 0.338 e. The first-order chi connectivity index (χ1) is 8.16. The van der Waals surface area contributed by atoms with Gasteiger partial charge in [0.2, 0.25) is 0 Å². The number of phenols is 1. The smallest absolute Gasteiger partial charge is 0.338 e. The predicted octanol–water partition coefficient (Wildman–Crippen LogP) is 1.17. The highest BCUT2D eigenvalue weighted by Crippen LogP contribution is 2.21. The lowest BCUT2D eigenvalue weighted by Crippen LogP contribution is -2.14. The number of carbonyl (C=O) groups excluding carboxylic acids is 1. The zero-order chi connectivity index (χ0) is 12.3. The van der Waals surface area contributed by atoms with Gasteiger partial charge in [-0.2, -0.15) is 0 Å². The van der Waals surface area contributed by atoms with Crippen molar-refractivity contribution in [2.45, 2.75) is 6.42 Å². The average Bonchev–Trinajstić information content (AvgIpc) is 2.82. The molecule has 0 radical (unpaired) electrons. The Balaban J connectivity index is 1.92. The first-order valence-corrected chi connectivity index (χ1v) is 5.50. The fourth-order valence-electron chi connectivity index (χ4n) is 1.66. The summed E-state index contributed by atoms with van der Waals surface area (Å²) >= 11 is 0. The van der Waals surface area contributed by atoms with Crippen LogP contribution in [0, 0.1) is 5.92 Å². The van der Waals surface area contributed by atoms with Gasteiger partial charge in [0.15, 0.2) is 0 Å². The van der Waals surface area contributed by atoms with Crippen LogP contribution < -0.4 is 5.73 Å². The summed E-state index contributed by atoms with van der Waals surface area (Å²) in [6.07, 6.45) is 0.917. The fourth-order valence-corrected chi connectivity index (χ4v) is 1.66. The third-order valence-electron chi connectivity index (χ3n) is 2.74. The number of benzene rings is 1. The maximum absolute atomic E-state index is 11.6. The standard InChI is InChI=1S/C12H15NO4/c13-10-2-1-9(5-11(10)14)12(15)17-7-8-3-4-16-6-8/h1-2,5,8,14H,3-4,6-7,13H2. The third kappa shape index (κ3) is 2.88. The number of nitrogens with two attached hydrogens (primary N) is 1. The molecule has 92 valence electrons. The van der Waals surface area contributed by atoms with Gasteiger partial charge in [-0.1, -0.05) is 0 Å². The Morgan fingerprint density at radius 3 is 3.06 bits per heavy atom. The molecular weight excluding hydrogens is 222 g/mol. The molecule has 17 heavy (non-hydrogen) atoms. The van der Waals surface area contributed by atoms with E-state index in [-0.39, 0.29) is 17.4 Å². The van der Waals surface area contributed by atoms with Crippen molar-refractivity contribution in [2.75, 3.05) is 25.6 Å². The van der Waals surface area contributed by atoms with Gasteiger partial charge in [0.25, 0.3) is 0 Å². The van der Waals surface area contributed by atoms with Gasteiger partial charge in [-0.05, 0) is 24.6 Å². The molecular formula is C12H15NO4. The van der Waals surface area contributed by atoms with E-state index in [1.165, 1.54) is 18.2 Å². The summed E-state index contributed by atoms with van der Waals surface area (Å²) in [5.41, 5.74) is 5.99. The zero-order valence-electron chi connectivity index (χ0n) is 9.39. The molecule has 2 rings (SSSR count). The first-order valence-electron chi connectivity index (χ1n) is 5.50. The highest BCUT2D eigenvalue weighted by Gasteiger charge is 2.18. The van der Waals surface area contributed by atoms with Gasteiger partial charge >= 0.3 is 5.97 Å². The molecule has 1 aliphatic heterocycles. The molecule has 0 aliphatic carbocycles. The zero-order valence-corrected chi connectivity index (χ0v) is 9.39. The average molecular weight is 237 g/mol. The highest BCUT2D eigenvalue weighted by atomic mass is 16.5. The van der Waals surface area contributed by atoms with Gasteiger partial charge in [-0.3, -0.25) is 0 Å². The SMILES string of the molecule is Nc1ccc(C(=O)OCC2CCOC2)cc1O. The van der Waals surface area contributed by atoms with Crippen LogP contribution in [-0.4, -0.2) is 30.9 Å². The molecule has 5 nitrogen and oxygen atoms in total. The second-order valence-electron chi connectivity index (χ2n) is 4.10. The van der Waals surface area contributed by atoms with E-state index in [4.69, 9.17) is 15.2 Å². The van der Waals surface area contributed by atoms with E-state index < -0.39 is 5.97 Å².